The van der Waals surface area contributed by atoms with Gasteiger partial charge in [-0.1, -0.05) is 5.16 Å². The summed E-state index contributed by atoms with van der Waals surface area (Å²) in [7, 11) is 1.63. The van der Waals surface area contributed by atoms with E-state index in [1.807, 2.05) is 13.8 Å². The second kappa shape index (κ2) is 6.57. The lowest BCUT2D eigenvalue weighted by Gasteiger charge is -2.18. The summed E-state index contributed by atoms with van der Waals surface area (Å²) in [6, 6.07) is 3.10. The van der Waals surface area contributed by atoms with E-state index in [-0.39, 0.29) is 17.9 Å². The Balaban J connectivity index is 2.06. The summed E-state index contributed by atoms with van der Waals surface area (Å²) in [6.07, 6.45) is -4.67. The zero-order valence-corrected chi connectivity index (χ0v) is 13.5. The van der Waals surface area contributed by atoms with E-state index >= 15 is 0 Å². The van der Waals surface area contributed by atoms with Gasteiger partial charge in [-0.3, -0.25) is 0 Å². The second-order valence-electron chi connectivity index (χ2n) is 5.15. The highest BCUT2D eigenvalue weighted by Crippen LogP contribution is 2.31. The van der Waals surface area contributed by atoms with Gasteiger partial charge < -0.3 is 14.7 Å². The Morgan fingerprint density at radius 2 is 2.13 bits per heavy atom. The molecular weight excluding hydrogens is 333 g/mol. The second-order valence-corrected chi connectivity index (χ2v) is 6.32. The molecule has 2 aromatic heterocycles. The smallest absolute Gasteiger partial charge is 0.336 e. The van der Waals surface area contributed by atoms with Crippen molar-refractivity contribution >= 4 is 17.4 Å². The highest BCUT2D eigenvalue weighted by Gasteiger charge is 2.38. The fraction of sp³-hybridized carbons (Fsp3) is 0.462. The van der Waals surface area contributed by atoms with Gasteiger partial charge >= 0.3 is 18.1 Å². The van der Waals surface area contributed by atoms with Gasteiger partial charge in [0.05, 0.1) is 11.4 Å². The van der Waals surface area contributed by atoms with Crippen LogP contribution in [0.2, 0.25) is 0 Å². The zero-order chi connectivity index (χ0) is 17.2. The SMILES string of the molecule is CC(C)NC(=O)N(C)Cc1ccc(-c2noc(C(F)(F)F)n2)s1. The molecule has 0 saturated heterocycles. The summed E-state index contributed by atoms with van der Waals surface area (Å²) < 4.78 is 41.5. The number of amides is 2. The molecular formula is C13H15F3N4O2S. The molecule has 10 heteroatoms. The van der Waals surface area contributed by atoms with Crippen molar-refractivity contribution in [2.45, 2.75) is 32.6 Å². The van der Waals surface area contributed by atoms with E-state index in [1.165, 1.54) is 16.2 Å². The van der Waals surface area contributed by atoms with Crippen LogP contribution < -0.4 is 5.32 Å². The molecule has 6 nitrogen and oxygen atoms in total. The summed E-state index contributed by atoms with van der Waals surface area (Å²) in [5.41, 5.74) is 0. The van der Waals surface area contributed by atoms with Crippen molar-refractivity contribution in [1.29, 1.82) is 0 Å². The Morgan fingerprint density at radius 1 is 1.43 bits per heavy atom. The maximum atomic E-state index is 12.4. The maximum Gasteiger partial charge on any atom is 0.471 e. The summed E-state index contributed by atoms with van der Waals surface area (Å²) in [5, 5.41) is 6.08. The van der Waals surface area contributed by atoms with Crippen molar-refractivity contribution in [1.82, 2.24) is 20.4 Å². The molecule has 126 valence electrons. The van der Waals surface area contributed by atoms with Crippen molar-refractivity contribution in [3.8, 4) is 10.7 Å². The molecule has 0 unspecified atom stereocenters. The van der Waals surface area contributed by atoms with Crippen LogP contribution in [0.1, 0.15) is 24.6 Å². The minimum Gasteiger partial charge on any atom is -0.336 e. The van der Waals surface area contributed by atoms with Gasteiger partial charge in [0.15, 0.2) is 0 Å². The Morgan fingerprint density at radius 3 is 2.70 bits per heavy atom. The molecule has 0 aliphatic carbocycles. The molecule has 23 heavy (non-hydrogen) atoms. The van der Waals surface area contributed by atoms with Gasteiger partial charge in [0.2, 0.25) is 5.82 Å². The maximum absolute atomic E-state index is 12.4. The number of aromatic nitrogens is 2. The number of nitrogens with zero attached hydrogens (tertiary/aromatic N) is 3. The van der Waals surface area contributed by atoms with Crippen LogP contribution in [-0.2, 0) is 12.7 Å². The Hall–Kier alpha value is -2.10. The molecule has 0 atom stereocenters. The fourth-order valence-electron chi connectivity index (χ4n) is 1.68. The molecule has 0 bridgehead atoms. The Labute approximate surface area is 134 Å². The molecule has 2 rings (SSSR count). The van der Waals surface area contributed by atoms with E-state index in [1.54, 1.807) is 19.2 Å². The predicted molar refractivity (Wildman–Crippen MR) is 77.7 cm³/mol. The van der Waals surface area contributed by atoms with Crippen LogP contribution in [0.4, 0.5) is 18.0 Å². The van der Waals surface area contributed by atoms with E-state index in [0.717, 1.165) is 4.88 Å². The lowest BCUT2D eigenvalue weighted by atomic mass is 10.4. The van der Waals surface area contributed by atoms with Crippen molar-refractivity contribution in [3.63, 3.8) is 0 Å². The molecule has 0 aromatic carbocycles. The third-order valence-corrected chi connectivity index (χ3v) is 3.77. The first-order chi connectivity index (χ1) is 10.7. The fourth-order valence-corrected chi connectivity index (χ4v) is 2.67. The molecule has 2 amide bonds. The third-order valence-electron chi connectivity index (χ3n) is 2.70. The van der Waals surface area contributed by atoms with E-state index in [2.05, 4.69) is 20.0 Å². The van der Waals surface area contributed by atoms with Crippen LogP contribution in [0.5, 0.6) is 0 Å². The van der Waals surface area contributed by atoms with Crippen molar-refractivity contribution < 1.29 is 22.5 Å². The molecule has 2 aromatic rings. The van der Waals surface area contributed by atoms with Crippen molar-refractivity contribution in [3.05, 3.63) is 22.9 Å². The number of nitrogens with one attached hydrogen (secondary N) is 1. The van der Waals surface area contributed by atoms with E-state index in [4.69, 9.17) is 0 Å². The average Bonchev–Trinajstić information content (AvgIpc) is 3.04. The van der Waals surface area contributed by atoms with Gasteiger partial charge in [-0.15, -0.1) is 11.3 Å². The van der Waals surface area contributed by atoms with Gasteiger partial charge in [-0.05, 0) is 26.0 Å². The Bertz CT molecular complexity index is 681. The number of hydrogen-bond donors (Lipinski definition) is 1. The minimum absolute atomic E-state index is 0.0176. The van der Waals surface area contributed by atoms with Crippen molar-refractivity contribution in [2.24, 2.45) is 0 Å². The summed E-state index contributed by atoms with van der Waals surface area (Å²) in [4.78, 5) is 17.8. The average molecular weight is 348 g/mol. The van der Waals surface area contributed by atoms with Crippen LogP contribution in [0.25, 0.3) is 10.7 Å². The van der Waals surface area contributed by atoms with Crippen LogP contribution in [0, 0.1) is 0 Å². The van der Waals surface area contributed by atoms with Gasteiger partial charge in [-0.25, -0.2) is 4.79 Å². The van der Waals surface area contributed by atoms with E-state index < -0.39 is 12.1 Å². The van der Waals surface area contributed by atoms with Gasteiger partial charge in [0.1, 0.15) is 0 Å². The van der Waals surface area contributed by atoms with Crippen LogP contribution in [0.3, 0.4) is 0 Å². The lowest BCUT2D eigenvalue weighted by molar-refractivity contribution is -0.159. The van der Waals surface area contributed by atoms with Crippen LogP contribution in [-0.4, -0.2) is 34.2 Å². The number of alkyl halides is 3. The molecule has 0 radical (unpaired) electrons. The van der Waals surface area contributed by atoms with E-state index in [9.17, 15) is 18.0 Å². The minimum atomic E-state index is -4.67. The highest BCUT2D eigenvalue weighted by atomic mass is 32.1. The zero-order valence-electron chi connectivity index (χ0n) is 12.6. The molecule has 0 fully saturated rings. The first-order valence-corrected chi connectivity index (χ1v) is 7.50. The van der Waals surface area contributed by atoms with Gasteiger partial charge in [0, 0.05) is 18.0 Å². The summed E-state index contributed by atoms with van der Waals surface area (Å²) >= 11 is 1.20. The van der Waals surface area contributed by atoms with Gasteiger partial charge in [-0.2, -0.15) is 18.2 Å². The summed E-state index contributed by atoms with van der Waals surface area (Å²) in [5.74, 6) is -1.50. The number of rotatable bonds is 4. The summed E-state index contributed by atoms with van der Waals surface area (Å²) in [6.45, 7) is 4.03. The van der Waals surface area contributed by atoms with Gasteiger partial charge in [0.25, 0.3) is 0 Å². The Kier molecular flexibility index (Phi) is 4.93. The van der Waals surface area contributed by atoms with Crippen molar-refractivity contribution in [2.75, 3.05) is 7.05 Å². The topological polar surface area (TPSA) is 71.3 Å². The molecule has 0 spiro atoms. The van der Waals surface area contributed by atoms with Crippen LogP contribution in [0.15, 0.2) is 16.7 Å². The van der Waals surface area contributed by atoms with Crippen LogP contribution >= 0.6 is 11.3 Å². The molecule has 1 N–H and O–H groups in total. The lowest BCUT2D eigenvalue weighted by Crippen LogP contribution is -2.40. The normalized spacial score (nSPS) is 11.8. The monoisotopic (exact) mass is 348 g/mol. The molecule has 0 aliphatic heterocycles. The number of urea groups is 1. The molecule has 0 saturated carbocycles. The third kappa shape index (κ3) is 4.44. The largest absolute Gasteiger partial charge is 0.471 e. The first kappa shape index (κ1) is 17.3. The number of carbonyl (C=O) groups is 1. The number of hydrogen-bond acceptors (Lipinski definition) is 5. The standard InChI is InChI=1S/C13H15F3N4O2S/c1-7(2)17-12(21)20(3)6-8-4-5-9(23-8)10-18-11(22-19-10)13(14,15)16/h4-5,7H,6H2,1-3H3,(H,17,21). The first-order valence-electron chi connectivity index (χ1n) is 6.68. The number of carbonyl (C=O) groups excluding carboxylic acids is 1. The van der Waals surface area contributed by atoms with E-state index in [0.29, 0.717) is 11.4 Å². The molecule has 2 heterocycles. The highest BCUT2D eigenvalue weighted by molar-refractivity contribution is 7.15. The number of halogens is 3. The quantitative estimate of drug-likeness (QED) is 0.920. The number of thiophene rings is 1. The molecule has 0 aliphatic rings. The predicted octanol–water partition coefficient (Wildman–Crippen LogP) is 3.37.